The minimum atomic E-state index is 0.189. The molecule has 0 saturated carbocycles. The van der Waals surface area contributed by atoms with Crippen LogP contribution < -0.4 is 0 Å². The molecule has 0 radical (unpaired) electrons. The first kappa shape index (κ1) is 10.4. The molecule has 0 saturated heterocycles. The minimum absolute atomic E-state index is 0.189. The highest BCUT2D eigenvalue weighted by Crippen LogP contribution is 1.96. The molecule has 11 heavy (non-hydrogen) atoms. The molecule has 0 unspecified atom stereocenters. The Labute approximate surface area is 68.2 Å². The topological polar surface area (TPSA) is 26.3 Å². The average Bonchev–Trinajstić information content (AvgIpc) is 2.01. The van der Waals surface area contributed by atoms with Crippen molar-refractivity contribution in [2.45, 2.75) is 26.2 Å². The smallest absolute Gasteiger partial charge is 0.158 e. The number of hydrogen-bond donors (Lipinski definition) is 0. The molecule has 0 N–H and O–H groups in total. The Kier molecular flexibility index (Phi) is 7.05. The molecule has 0 rings (SSSR count). The van der Waals surface area contributed by atoms with Crippen molar-refractivity contribution >= 4 is 5.78 Å². The SMILES string of the molecule is C=CCCCC(=O)COCC. The molecule has 0 aliphatic carbocycles. The molecule has 0 aliphatic rings. The molecule has 0 heterocycles. The first-order chi connectivity index (χ1) is 5.31. The van der Waals surface area contributed by atoms with E-state index in [4.69, 9.17) is 4.74 Å². The lowest BCUT2D eigenvalue weighted by Crippen LogP contribution is -2.07. The molecule has 0 bridgehead atoms. The predicted octanol–water partition coefficient (Wildman–Crippen LogP) is 1.95. The molecule has 0 aromatic rings. The number of ketones is 1. The van der Waals surface area contributed by atoms with Gasteiger partial charge in [-0.3, -0.25) is 4.79 Å². The monoisotopic (exact) mass is 156 g/mol. The van der Waals surface area contributed by atoms with Crippen LogP contribution in [0.2, 0.25) is 0 Å². The average molecular weight is 156 g/mol. The van der Waals surface area contributed by atoms with Crippen molar-refractivity contribution in [3.05, 3.63) is 12.7 Å². The fourth-order valence-electron chi connectivity index (χ4n) is 0.732. The molecule has 0 amide bonds. The van der Waals surface area contributed by atoms with Gasteiger partial charge in [0.1, 0.15) is 6.61 Å². The number of ether oxygens (including phenoxy) is 1. The lowest BCUT2D eigenvalue weighted by Gasteiger charge is -1.98. The quantitative estimate of drug-likeness (QED) is 0.416. The third kappa shape index (κ3) is 7.26. The highest BCUT2D eigenvalue weighted by molar-refractivity contribution is 5.79. The summed E-state index contributed by atoms with van der Waals surface area (Å²) in [5.74, 6) is 0.189. The summed E-state index contributed by atoms with van der Waals surface area (Å²) in [6, 6.07) is 0. The fraction of sp³-hybridized carbons (Fsp3) is 0.667. The molecular weight excluding hydrogens is 140 g/mol. The first-order valence-corrected chi connectivity index (χ1v) is 4.01. The Morgan fingerprint density at radius 2 is 2.36 bits per heavy atom. The largest absolute Gasteiger partial charge is 0.374 e. The minimum Gasteiger partial charge on any atom is -0.374 e. The van der Waals surface area contributed by atoms with Gasteiger partial charge in [0, 0.05) is 13.0 Å². The summed E-state index contributed by atoms with van der Waals surface area (Å²) in [6.07, 6.45) is 4.26. The Bertz CT molecular complexity index is 119. The van der Waals surface area contributed by atoms with Gasteiger partial charge in [-0.1, -0.05) is 6.08 Å². The molecule has 0 aromatic heterocycles. The number of carbonyl (C=O) groups excluding carboxylic acids is 1. The molecule has 0 spiro atoms. The lowest BCUT2D eigenvalue weighted by molar-refractivity contribution is -0.123. The summed E-state index contributed by atoms with van der Waals surface area (Å²) in [7, 11) is 0. The highest BCUT2D eigenvalue weighted by atomic mass is 16.5. The summed E-state index contributed by atoms with van der Waals surface area (Å²) < 4.78 is 4.95. The lowest BCUT2D eigenvalue weighted by atomic mass is 10.2. The summed E-state index contributed by atoms with van der Waals surface area (Å²) in [6.45, 7) is 6.35. The van der Waals surface area contributed by atoms with Gasteiger partial charge in [0.2, 0.25) is 0 Å². The van der Waals surface area contributed by atoms with Gasteiger partial charge in [-0.05, 0) is 19.8 Å². The van der Waals surface area contributed by atoms with E-state index in [1.807, 2.05) is 13.0 Å². The maximum Gasteiger partial charge on any atom is 0.158 e. The van der Waals surface area contributed by atoms with Gasteiger partial charge in [-0.15, -0.1) is 6.58 Å². The maximum absolute atomic E-state index is 10.9. The van der Waals surface area contributed by atoms with E-state index < -0.39 is 0 Å². The van der Waals surface area contributed by atoms with Gasteiger partial charge in [-0.25, -0.2) is 0 Å². The van der Waals surface area contributed by atoms with Crippen LogP contribution in [0.4, 0.5) is 0 Å². The summed E-state index contributed by atoms with van der Waals surface area (Å²) in [5, 5.41) is 0. The first-order valence-electron chi connectivity index (χ1n) is 4.01. The van der Waals surface area contributed by atoms with Crippen LogP contribution in [0.25, 0.3) is 0 Å². The molecule has 64 valence electrons. The van der Waals surface area contributed by atoms with Gasteiger partial charge in [-0.2, -0.15) is 0 Å². The van der Waals surface area contributed by atoms with Crippen LogP contribution in [0.1, 0.15) is 26.2 Å². The normalized spacial score (nSPS) is 9.55. The third-order valence-corrected chi connectivity index (χ3v) is 1.33. The van der Waals surface area contributed by atoms with E-state index >= 15 is 0 Å². The Morgan fingerprint density at radius 1 is 1.64 bits per heavy atom. The summed E-state index contributed by atoms with van der Waals surface area (Å²) in [4.78, 5) is 10.9. The fourth-order valence-corrected chi connectivity index (χ4v) is 0.732. The molecule has 0 aliphatic heterocycles. The van der Waals surface area contributed by atoms with Gasteiger partial charge in [0.25, 0.3) is 0 Å². The third-order valence-electron chi connectivity index (χ3n) is 1.33. The number of hydrogen-bond acceptors (Lipinski definition) is 2. The van der Waals surface area contributed by atoms with Crippen molar-refractivity contribution in [1.82, 2.24) is 0 Å². The number of rotatable bonds is 7. The maximum atomic E-state index is 10.9. The van der Waals surface area contributed by atoms with Crippen molar-refractivity contribution < 1.29 is 9.53 Å². The summed E-state index contributed by atoms with van der Waals surface area (Å²) in [5.41, 5.74) is 0. The van der Waals surface area contributed by atoms with Crippen LogP contribution in [0.5, 0.6) is 0 Å². The Balaban J connectivity index is 3.15. The zero-order valence-corrected chi connectivity index (χ0v) is 7.14. The van der Waals surface area contributed by atoms with E-state index in [0.29, 0.717) is 13.0 Å². The van der Waals surface area contributed by atoms with Crippen molar-refractivity contribution in [2.75, 3.05) is 13.2 Å². The van der Waals surface area contributed by atoms with Crippen LogP contribution in [0, 0.1) is 0 Å². The Morgan fingerprint density at radius 3 is 2.91 bits per heavy atom. The van der Waals surface area contributed by atoms with E-state index in [2.05, 4.69) is 6.58 Å². The number of unbranched alkanes of at least 4 members (excludes halogenated alkanes) is 1. The second-order valence-electron chi connectivity index (χ2n) is 2.36. The molecule has 0 aromatic carbocycles. The van der Waals surface area contributed by atoms with E-state index in [-0.39, 0.29) is 12.4 Å². The number of Topliss-reactive ketones (excluding diaryl/α,β-unsaturated/α-hetero) is 1. The van der Waals surface area contributed by atoms with Gasteiger partial charge < -0.3 is 4.74 Å². The standard InChI is InChI=1S/C9H16O2/c1-3-5-6-7-9(10)8-11-4-2/h3H,1,4-8H2,2H3. The predicted molar refractivity (Wildman–Crippen MR) is 45.5 cm³/mol. The van der Waals surface area contributed by atoms with Crippen molar-refractivity contribution in [1.29, 1.82) is 0 Å². The van der Waals surface area contributed by atoms with E-state index in [1.54, 1.807) is 0 Å². The van der Waals surface area contributed by atoms with Crippen LogP contribution in [-0.2, 0) is 9.53 Å². The van der Waals surface area contributed by atoms with Crippen LogP contribution in [0.3, 0.4) is 0 Å². The van der Waals surface area contributed by atoms with Gasteiger partial charge in [0.05, 0.1) is 0 Å². The molecule has 2 nitrogen and oxygen atoms in total. The number of allylic oxidation sites excluding steroid dienone is 1. The molecular formula is C9H16O2. The van der Waals surface area contributed by atoms with Crippen molar-refractivity contribution in [2.24, 2.45) is 0 Å². The second kappa shape index (κ2) is 7.48. The van der Waals surface area contributed by atoms with E-state index in [0.717, 1.165) is 12.8 Å². The van der Waals surface area contributed by atoms with E-state index in [1.165, 1.54) is 0 Å². The van der Waals surface area contributed by atoms with Crippen molar-refractivity contribution in [3.8, 4) is 0 Å². The zero-order valence-electron chi connectivity index (χ0n) is 7.14. The van der Waals surface area contributed by atoms with Gasteiger partial charge in [0.15, 0.2) is 5.78 Å². The highest BCUT2D eigenvalue weighted by Gasteiger charge is 1.98. The summed E-state index contributed by atoms with van der Waals surface area (Å²) >= 11 is 0. The van der Waals surface area contributed by atoms with Crippen molar-refractivity contribution in [3.63, 3.8) is 0 Å². The molecule has 0 fully saturated rings. The number of carbonyl (C=O) groups is 1. The van der Waals surface area contributed by atoms with Crippen LogP contribution in [-0.4, -0.2) is 19.0 Å². The van der Waals surface area contributed by atoms with Crippen LogP contribution in [0.15, 0.2) is 12.7 Å². The van der Waals surface area contributed by atoms with Crippen LogP contribution >= 0.6 is 0 Å². The second-order valence-corrected chi connectivity index (χ2v) is 2.36. The Hall–Kier alpha value is -0.630. The molecule has 2 heteroatoms. The zero-order chi connectivity index (χ0) is 8.53. The van der Waals surface area contributed by atoms with Gasteiger partial charge >= 0.3 is 0 Å². The molecule has 0 atom stereocenters. The van der Waals surface area contributed by atoms with E-state index in [9.17, 15) is 4.79 Å².